The van der Waals surface area contributed by atoms with Crippen LogP contribution in [-0.2, 0) is 19.1 Å². The molecular weight excluding hydrogens is 340 g/mol. The molecule has 27 heavy (non-hydrogen) atoms. The zero-order valence-corrected chi connectivity index (χ0v) is 17.0. The molecular formula is C23H32O4. The average Bonchev–Trinajstić information content (AvgIpc) is 3.01. The van der Waals surface area contributed by atoms with Crippen LogP contribution in [0, 0.1) is 40.4 Å². The lowest BCUT2D eigenvalue weighted by molar-refractivity contribution is -0.155. The average molecular weight is 373 g/mol. The van der Waals surface area contributed by atoms with Crippen molar-refractivity contribution in [1.82, 2.24) is 0 Å². The molecule has 0 amide bonds. The van der Waals surface area contributed by atoms with E-state index in [9.17, 15) is 14.4 Å². The van der Waals surface area contributed by atoms with E-state index in [1.165, 1.54) is 12.7 Å². The maximum absolute atomic E-state index is 13.5. The largest absolute Gasteiger partial charge is 0.469 e. The lowest BCUT2D eigenvalue weighted by Gasteiger charge is -2.57. The van der Waals surface area contributed by atoms with E-state index in [1.807, 2.05) is 13.0 Å². The third kappa shape index (κ3) is 2.51. The van der Waals surface area contributed by atoms with Gasteiger partial charge in [0.2, 0.25) is 0 Å². The Labute approximate surface area is 162 Å². The van der Waals surface area contributed by atoms with Crippen LogP contribution in [-0.4, -0.2) is 24.6 Å². The number of ketones is 2. The molecule has 0 N–H and O–H groups in total. The minimum absolute atomic E-state index is 0.000130. The van der Waals surface area contributed by atoms with Gasteiger partial charge in [0.05, 0.1) is 13.0 Å². The monoisotopic (exact) mass is 372 g/mol. The summed E-state index contributed by atoms with van der Waals surface area (Å²) in [6, 6.07) is 0. The van der Waals surface area contributed by atoms with Crippen molar-refractivity contribution in [2.24, 2.45) is 40.4 Å². The van der Waals surface area contributed by atoms with Gasteiger partial charge in [-0.2, -0.15) is 0 Å². The zero-order chi connectivity index (χ0) is 19.6. The molecule has 0 aromatic carbocycles. The number of Topliss-reactive ketones (excluding diaryl/α,β-unsaturated/α-hetero) is 1. The van der Waals surface area contributed by atoms with Crippen molar-refractivity contribution in [3.05, 3.63) is 11.6 Å². The number of ether oxygens (including phenoxy) is 1. The van der Waals surface area contributed by atoms with E-state index >= 15 is 0 Å². The Hall–Kier alpha value is -1.45. The summed E-state index contributed by atoms with van der Waals surface area (Å²) in [6.45, 7) is 6.35. The number of allylic oxidation sites excluding steroid dienone is 1. The van der Waals surface area contributed by atoms with Gasteiger partial charge in [0.15, 0.2) is 5.78 Å². The second-order valence-corrected chi connectivity index (χ2v) is 9.87. The van der Waals surface area contributed by atoms with Crippen molar-refractivity contribution in [2.45, 2.75) is 65.7 Å². The fraction of sp³-hybridized carbons (Fsp3) is 0.783. The number of hydrogen-bond acceptors (Lipinski definition) is 4. The van der Waals surface area contributed by atoms with Gasteiger partial charge in [0.25, 0.3) is 0 Å². The number of carbonyl (C=O) groups excluding carboxylic acids is 3. The van der Waals surface area contributed by atoms with Gasteiger partial charge in [0.1, 0.15) is 5.78 Å². The van der Waals surface area contributed by atoms with Crippen LogP contribution in [0.1, 0.15) is 65.7 Å². The van der Waals surface area contributed by atoms with Crippen LogP contribution in [0.15, 0.2) is 11.6 Å². The molecule has 7 atom stereocenters. The number of carbonyl (C=O) groups is 3. The molecule has 4 aliphatic rings. The van der Waals surface area contributed by atoms with E-state index in [2.05, 4.69) is 13.8 Å². The normalized spacial score (nSPS) is 44.7. The number of fused-ring (bicyclic) bond motifs is 5. The zero-order valence-electron chi connectivity index (χ0n) is 17.0. The molecule has 4 aliphatic carbocycles. The van der Waals surface area contributed by atoms with Gasteiger partial charge in [-0.3, -0.25) is 14.4 Å². The second-order valence-electron chi connectivity index (χ2n) is 9.87. The van der Waals surface area contributed by atoms with Crippen LogP contribution >= 0.6 is 0 Å². The van der Waals surface area contributed by atoms with Crippen molar-refractivity contribution >= 4 is 17.5 Å². The molecule has 0 aromatic rings. The lowest BCUT2D eigenvalue weighted by Crippen LogP contribution is -2.55. The van der Waals surface area contributed by atoms with E-state index in [4.69, 9.17) is 4.74 Å². The molecule has 0 aliphatic heterocycles. The third-order valence-corrected chi connectivity index (χ3v) is 9.07. The molecule has 0 bridgehead atoms. The predicted octanol–water partition coefficient (Wildman–Crippen LogP) is 4.12. The van der Waals surface area contributed by atoms with Crippen molar-refractivity contribution in [3.8, 4) is 0 Å². The molecule has 0 heterocycles. The Kier molecular flexibility index (Phi) is 4.40. The first-order chi connectivity index (χ1) is 12.7. The summed E-state index contributed by atoms with van der Waals surface area (Å²) in [5.74, 6) is 1.49. The number of hydrogen-bond donors (Lipinski definition) is 0. The standard InChI is InChI=1S/C23H32O4/c1-13(21(26)27-4)17-7-8-18-16-6-5-14-11-15(24)9-10-22(14,2)19(16)12-20(25)23(17,18)3/h11,13,16-19H,5-10,12H2,1-4H3/t13?,16-,17+,18-,19-,22-,23+/m0/s1. The van der Waals surface area contributed by atoms with Gasteiger partial charge in [-0.15, -0.1) is 0 Å². The maximum Gasteiger partial charge on any atom is 0.308 e. The highest BCUT2D eigenvalue weighted by Crippen LogP contribution is 2.66. The molecule has 4 heteroatoms. The second kappa shape index (κ2) is 6.28. The van der Waals surface area contributed by atoms with Crippen molar-refractivity contribution < 1.29 is 19.1 Å². The minimum atomic E-state index is -0.406. The number of methoxy groups -OCH3 is 1. The van der Waals surface area contributed by atoms with E-state index in [0.29, 0.717) is 36.4 Å². The SMILES string of the molecule is COC(=O)C(C)[C@H]1CC[C@H]2[C@@H]3CCC4=CC(=O)CC[C@]4(C)[C@H]3CC(=O)[C@]12C. The summed E-state index contributed by atoms with van der Waals surface area (Å²) in [4.78, 5) is 37.7. The summed E-state index contributed by atoms with van der Waals surface area (Å²) in [5, 5.41) is 0. The molecule has 4 rings (SSSR count). The summed E-state index contributed by atoms with van der Waals surface area (Å²) < 4.78 is 5.00. The molecule has 0 radical (unpaired) electrons. The fourth-order valence-corrected chi connectivity index (χ4v) is 7.46. The Balaban J connectivity index is 1.68. The highest BCUT2D eigenvalue weighted by molar-refractivity contribution is 5.92. The molecule has 0 aromatic heterocycles. The summed E-state index contributed by atoms with van der Waals surface area (Å²) in [6.07, 6.45) is 8.01. The topological polar surface area (TPSA) is 60.4 Å². The van der Waals surface area contributed by atoms with Crippen LogP contribution in [0.3, 0.4) is 0 Å². The summed E-state index contributed by atoms with van der Waals surface area (Å²) in [7, 11) is 1.44. The lowest BCUT2D eigenvalue weighted by atomic mass is 9.46. The molecule has 0 spiro atoms. The maximum atomic E-state index is 13.5. The van der Waals surface area contributed by atoms with Crippen LogP contribution in [0.5, 0.6) is 0 Å². The Morgan fingerprint density at radius 1 is 1.15 bits per heavy atom. The summed E-state index contributed by atoms with van der Waals surface area (Å²) >= 11 is 0. The minimum Gasteiger partial charge on any atom is -0.469 e. The van der Waals surface area contributed by atoms with Gasteiger partial charge in [0, 0.05) is 18.3 Å². The molecule has 4 nitrogen and oxygen atoms in total. The Morgan fingerprint density at radius 2 is 1.89 bits per heavy atom. The molecule has 3 fully saturated rings. The first-order valence-electron chi connectivity index (χ1n) is 10.6. The van der Waals surface area contributed by atoms with Gasteiger partial charge < -0.3 is 4.74 Å². The third-order valence-electron chi connectivity index (χ3n) is 9.07. The molecule has 1 unspecified atom stereocenters. The van der Waals surface area contributed by atoms with Crippen molar-refractivity contribution in [2.75, 3.05) is 7.11 Å². The smallest absolute Gasteiger partial charge is 0.308 e. The predicted molar refractivity (Wildman–Crippen MR) is 102 cm³/mol. The van der Waals surface area contributed by atoms with E-state index in [0.717, 1.165) is 32.1 Å². The molecule has 3 saturated carbocycles. The molecule has 0 saturated heterocycles. The Bertz CT molecular complexity index is 722. The van der Waals surface area contributed by atoms with E-state index < -0.39 is 5.41 Å². The Morgan fingerprint density at radius 3 is 2.59 bits per heavy atom. The number of rotatable bonds is 2. The van der Waals surface area contributed by atoms with Gasteiger partial charge in [-0.25, -0.2) is 0 Å². The quantitative estimate of drug-likeness (QED) is 0.684. The van der Waals surface area contributed by atoms with Crippen molar-refractivity contribution in [3.63, 3.8) is 0 Å². The van der Waals surface area contributed by atoms with Crippen LogP contribution < -0.4 is 0 Å². The van der Waals surface area contributed by atoms with Crippen LogP contribution in [0.4, 0.5) is 0 Å². The summed E-state index contributed by atoms with van der Waals surface area (Å²) in [5.41, 5.74) is 0.880. The first-order valence-corrected chi connectivity index (χ1v) is 10.6. The first kappa shape index (κ1) is 18.9. The van der Waals surface area contributed by atoms with Gasteiger partial charge in [-0.05, 0) is 67.3 Å². The van der Waals surface area contributed by atoms with E-state index in [1.54, 1.807) is 0 Å². The number of esters is 1. The highest BCUT2D eigenvalue weighted by atomic mass is 16.5. The van der Waals surface area contributed by atoms with Crippen LogP contribution in [0.2, 0.25) is 0 Å². The van der Waals surface area contributed by atoms with E-state index in [-0.39, 0.29) is 29.0 Å². The van der Waals surface area contributed by atoms with Crippen molar-refractivity contribution in [1.29, 1.82) is 0 Å². The fourth-order valence-electron chi connectivity index (χ4n) is 7.46. The highest BCUT2D eigenvalue weighted by Gasteiger charge is 2.63. The molecule has 148 valence electrons. The van der Waals surface area contributed by atoms with Crippen LogP contribution in [0.25, 0.3) is 0 Å². The van der Waals surface area contributed by atoms with Gasteiger partial charge in [-0.1, -0.05) is 26.3 Å². The van der Waals surface area contributed by atoms with Gasteiger partial charge >= 0.3 is 5.97 Å².